The first kappa shape index (κ1) is 9.74. The Kier molecular flexibility index (Phi) is 2.61. The molecule has 3 heteroatoms. The average Bonchev–Trinajstić information content (AvgIpc) is 2.58. The van der Waals surface area contributed by atoms with Gasteiger partial charge in [-0.05, 0) is 6.92 Å². The molecule has 1 aliphatic heterocycles. The first-order chi connectivity index (χ1) is 6.70. The van der Waals surface area contributed by atoms with E-state index < -0.39 is 0 Å². The minimum absolute atomic E-state index is 0.106. The number of hydrogen-bond acceptors (Lipinski definition) is 3. The summed E-state index contributed by atoms with van der Waals surface area (Å²) in [6.07, 6.45) is 7.98. The minimum atomic E-state index is 0.106. The number of carbonyl (C=O) groups is 1. The lowest BCUT2D eigenvalue weighted by Gasteiger charge is -2.16. The molecule has 2 aliphatic rings. The monoisotopic (exact) mass is 208 g/mol. The molecule has 2 nitrogen and oxygen atoms in total. The molecule has 0 aromatic carbocycles. The molecular weight excluding hydrogens is 196 g/mol. The molecule has 0 aromatic heterocycles. The topological polar surface area (TPSA) is 37.3 Å². The molecule has 0 saturated carbocycles. The Balaban J connectivity index is 2.18. The van der Waals surface area contributed by atoms with Gasteiger partial charge in [0.2, 0.25) is 0 Å². The molecule has 14 heavy (non-hydrogen) atoms. The molecule has 0 radical (unpaired) electrons. The maximum atomic E-state index is 11.1. The molecule has 0 amide bonds. The van der Waals surface area contributed by atoms with Crippen molar-refractivity contribution in [3.63, 3.8) is 0 Å². The number of hydrogen-bond donors (Lipinski definition) is 1. The number of carbonyl (C=O) groups excluding carboxylic acids is 1. The van der Waals surface area contributed by atoms with Crippen LogP contribution >= 0.6 is 11.8 Å². The summed E-state index contributed by atoms with van der Waals surface area (Å²) in [5.41, 5.74) is 0.784. The summed E-state index contributed by atoms with van der Waals surface area (Å²) >= 11 is 1.65. The van der Waals surface area contributed by atoms with Crippen LogP contribution in [0.15, 0.2) is 34.8 Å². The fourth-order valence-corrected chi connectivity index (χ4v) is 2.89. The number of thioether (sulfide) groups is 1. The third-order valence-corrected chi connectivity index (χ3v) is 3.74. The second-order valence-electron chi connectivity index (χ2n) is 3.49. The van der Waals surface area contributed by atoms with E-state index in [0.717, 1.165) is 10.5 Å². The van der Waals surface area contributed by atoms with Crippen LogP contribution in [0.25, 0.3) is 0 Å². The summed E-state index contributed by atoms with van der Waals surface area (Å²) in [5, 5.41) is 9.29. The molecule has 74 valence electrons. The quantitative estimate of drug-likeness (QED) is 0.750. The summed E-state index contributed by atoms with van der Waals surface area (Å²) in [6.45, 7) is 1.69. The first-order valence-electron chi connectivity index (χ1n) is 4.60. The van der Waals surface area contributed by atoms with Gasteiger partial charge in [-0.15, -0.1) is 11.8 Å². The standard InChI is InChI=1S/C11H12O2S/c1-7(13)8-2-3-9-4-10(6-12)14-11(9)5-8/h2-5,9,11-12H,6H2,1H3. The Morgan fingerprint density at radius 1 is 1.57 bits per heavy atom. The maximum absolute atomic E-state index is 11.1. The van der Waals surface area contributed by atoms with E-state index in [9.17, 15) is 4.79 Å². The van der Waals surface area contributed by atoms with Crippen LogP contribution in [0, 0.1) is 5.92 Å². The van der Waals surface area contributed by atoms with Crippen LogP contribution < -0.4 is 0 Å². The molecule has 0 fully saturated rings. The normalized spacial score (nSPS) is 29.6. The highest BCUT2D eigenvalue weighted by Crippen LogP contribution is 2.40. The predicted molar refractivity (Wildman–Crippen MR) is 57.9 cm³/mol. The van der Waals surface area contributed by atoms with E-state index in [-0.39, 0.29) is 12.4 Å². The van der Waals surface area contributed by atoms with Gasteiger partial charge in [-0.1, -0.05) is 24.3 Å². The third kappa shape index (κ3) is 1.70. The van der Waals surface area contributed by atoms with Gasteiger partial charge in [-0.2, -0.15) is 0 Å². The summed E-state index contributed by atoms with van der Waals surface area (Å²) in [4.78, 5) is 12.1. The van der Waals surface area contributed by atoms with E-state index in [2.05, 4.69) is 6.08 Å². The molecule has 1 N–H and O–H groups in total. The number of rotatable bonds is 2. The predicted octanol–water partition coefficient (Wildman–Crippen LogP) is 1.68. The van der Waals surface area contributed by atoms with E-state index in [1.54, 1.807) is 18.7 Å². The maximum Gasteiger partial charge on any atom is 0.159 e. The lowest BCUT2D eigenvalue weighted by atomic mass is 9.94. The van der Waals surface area contributed by atoms with Crippen LogP contribution in [0.1, 0.15) is 6.92 Å². The van der Waals surface area contributed by atoms with Crippen molar-refractivity contribution in [3.05, 3.63) is 34.8 Å². The van der Waals surface area contributed by atoms with Crippen molar-refractivity contribution in [3.8, 4) is 0 Å². The molecule has 0 bridgehead atoms. The van der Waals surface area contributed by atoms with Gasteiger partial charge in [0.1, 0.15) is 0 Å². The van der Waals surface area contributed by atoms with Gasteiger partial charge < -0.3 is 5.11 Å². The van der Waals surface area contributed by atoms with Gasteiger partial charge >= 0.3 is 0 Å². The van der Waals surface area contributed by atoms with Crippen molar-refractivity contribution in [2.24, 2.45) is 5.92 Å². The highest BCUT2D eigenvalue weighted by Gasteiger charge is 2.27. The van der Waals surface area contributed by atoms with Gasteiger partial charge in [0.25, 0.3) is 0 Å². The molecule has 2 atom stereocenters. The highest BCUT2D eigenvalue weighted by molar-refractivity contribution is 8.04. The smallest absolute Gasteiger partial charge is 0.159 e. The molecular formula is C11H12O2S. The Labute approximate surface area is 87.4 Å². The van der Waals surface area contributed by atoms with Crippen molar-refractivity contribution < 1.29 is 9.90 Å². The van der Waals surface area contributed by atoms with Crippen LogP contribution in [0.2, 0.25) is 0 Å². The van der Waals surface area contributed by atoms with Gasteiger partial charge in [-0.25, -0.2) is 0 Å². The fourth-order valence-electron chi connectivity index (χ4n) is 1.68. The first-order valence-corrected chi connectivity index (χ1v) is 5.48. The number of Topliss-reactive ketones (excluding diaryl/α,β-unsaturated/α-hetero) is 1. The molecule has 2 rings (SSSR count). The van der Waals surface area contributed by atoms with Gasteiger partial charge in [0, 0.05) is 21.6 Å². The van der Waals surface area contributed by atoms with E-state index >= 15 is 0 Å². The van der Waals surface area contributed by atoms with Crippen LogP contribution in [-0.4, -0.2) is 22.7 Å². The molecule has 0 spiro atoms. The zero-order valence-electron chi connectivity index (χ0n) is 7.93. The number of aliphatic hydroxyl groups is 1. The molecule has 1 aliphatic carbocycles. The van der Waals surface area contributed by atoms with Crippen LogP contribution in [-0.2, 0) is 4.79 Å². The van der Waals surface area contributed by atoms with E-state index in [1.807, 2.05) is 18.2 Å². The van der Waals surface area contributed by atoms with E-state index in [1.165, 1.54) is 0 Å². The van der Waals surface area contributed by atoms with Gasteiger partial charge in [0.15, 0.2) is 5.78 Å². The lowest BCUT2D eigenvalue weighted by molar-refractivity contribution is -0.113. The van der Waals surface area contributed by atoms with Crippen molar-refractivity contribution >= 4 is 17.5 Å². The Morgan fingerprint density at radius 3 is 3.00 bits per heavy atom. The second-order valence-corrected chi connectivity index (χ2v) is 4.79. The number of allylic oxidation sites excluding steroid dienone is 4. The SMILES string of the molecule is CC(=O)C1=CC2SC(CO)=CC2C=C1. The number of aliphatic hydroxyl groups excluding tert-OH is 1. The molecule has 1 heterocycles. The van der Waals surface area contributed by atoms with Crippen molar-refractivity contribution in [1.82, 2.24) is 0 Å². The summed E-state index contributed by atoms with van der Waals surface area (Å²) in [7, 11) is 0. The van der Waals surface area contributed by atoms with Crippen LogP contribution in [0.5, 0.6) is 0 Å². The molecule has 0 aromatic rings. The summed E-state index contributed by atoms with van der Waals surface area (Å²) < 4.78 is 0. The second kappa shape index (κ2) is 3.75. The van der Waals surface area contributed by atoms with Gasteiger partial charge in [0.05, 0.1) is 6.61 Å². The largest absolute Gasteiger partial charge is 0.391 e. The van der Waals surface area contributed by atoms with Crippen molar-refractivity contribution in [1.29, 1.82) is 0 Å². The molecule has 0 saturated heterocycles. The summed E-state index contributed by atoms with van der Waals surface area (Å²) in [5.74, 6) is 0.461. The lowest BCUT2D eigenvalue weighted by Crippen LogP contribution is -2.12. The average molecular weight is 208 g/mol. The fraction of sp³-hybridized carbons (Fsp3) is 0.364. The Hall–Kier alpha value is -0.800. The zero-order chi connectivity index (χ0) is 10.1. The van der Waals surface area contributed by atoms with E-state index in [4.69, 9.17) is 5.11 Å². The minimum Gasteiger partial charge on any atom is -0.391 e. The Morgan fingerprint density at radius 2 is 2.36 bits per heavy atom. The van der Waals surface area contributed by atoms with E-state index in [0.29, 0.717) is 11.2 Å². The number of ketones is 1. The molecule has 2 unspecified atom stereocenters. The number of fused-ring (bicyclic) bond motifs is 1. The highest BCUT2D eigenvalue weighted by atomic mass is 32.2. The van der Waals surface area contributed by atoms with Crippen molar-refractivity contribution in [2.45, 2.75) is 12.2 Å². The Bertz CT molecular complexity index is 352. The third-order valence-electron chi connectivity index (χ3n) is 2.45. The van der Waals surface area contributed by atoms with Crippen LogP contribution in [0.3, 0.4) is 0 Å². The zero-order valence-corrected chi connectivity index (χ0v) is 8.75. The van der Waals surface area contributed by atoms with Gasteiger partial charge in [-0.3, -0.25) is 4.79 Å². The van der Waals surface area contributed by atoms with Crippen LogP contribution in [0.4, 0.5) is 0 Å². The van der Waals surface area contributed by atoms with Crippen molar-refractivity contribution in [2.75, 3.05) is 6.61 Å². The summed E-state index contributed by atoms with van der Waals surface area (Å²) in [6, 6.07) is 0.